The Morgan fingerprint density at radius 3 is 2.53 bits per heavy atom. The molecular formula is C11H15ClN2O2S. The molecule has 1 fully saturated rings. The molecule has 0 bridgehead atoms. The largest absolute Gasteiger partial charge is 0.317 e. The van der Waals surface area contributed by atoms with Crippen molar-refractivity contribution in [3.05, 3.63) is 29.3 Å². The molecule has 1 saturated heterocycles. The Morgan fingerprint density at radius 1 is 1.24 bits per heavy atom. The van der Waals surface area contributed by atoms with Crippen molar-refractivity contribution >= 4 is 21.6 Å². The van der Waals surface area contributed by atoms with Crippen molar-refractivity contribution in [2.75, 3.05) is 13.1 Å². The highest BCUT2D eigenvalue weighted by atomic mass is 35.5. The van der Waals surface area contributed by atoms with Crippen LogP contribution in [-0.4, -0.2) is 27.5 Å². The Balaban J connectivity index is 2.16. The molecule has 0 aromatic heterocycles. The predicted molar refractivity (Wildman–Crippen MR) is 67.7 cm³/mol. The third-order valence-corrected chi connectivity index (χ3v) is 4.81. The van der Waals surface area contributed by atoms with Crippen LogP contribution in [0.2, 0.25) is 5.02 Å². The van der Waals surface area contributed by atoms with Gasteiger partial charge in [0.1, 0.15) is 4.90 Å². The molecular weight excluding hydrogens is 260 g/mol. The van der Waals surface area contributed by atoms with Gasteiger partial charge in [0, 0.05) is 6.04 Å². The summed E-state index contributed by atoms with van der Waals surface area (Å²) in [6, 6.07) is 6.48. The van der Waals surface area contributed by atoms with E-state index in [0.717, 1.165) is 25.9 Å². The van der Waals surface area contributed by atoms with E-state index in [1.807, 2.05) is 0 Å². The van der Waals surface area contributed by atoms with E-state index < -0.39 is 10.0 Å². The predicted octanol–water partition coefficient (Wildman–Crippen LogP) is 1.37. The second-order valence-electron chi connectivity index (χ2n) is 4.08. The molecule has 4 nitrogen and oxygen atoms in total. The van der Waals surface area contributed by atoms with Gasteiger partial charge in [0.2, 0.25) is 10.0 Å². The Labute approximate surface area is 106 Å². The zero-order valence-corrected chi connectivity index (χ0v) is 10.9. The second kappa shape index (κ2) is 5.35. The molecule has 0 aliphatic carbocycles. The number of nitrogens with one attached hydrogen (secondary N) is 2. The van der Waals surface area contributed by atoms with E-state index in [-0.39, 0.29) is 16.0 Å². The van der Waals surface area contributed by atoms with Gasteiger partial charge in [-0.05, 0) is 38.1 Å². The molecule has 6 heteroatoms. The van der Waals surface area contributed by atoms with Gasteiger partial charge < -0.3 is 5.32 Å². The van der Waals surface area contributed by atoms with E-state index in [0.29, 0.717) is 0 Å². The molecule has 2 rings (SSSR count). The fourth-order valence-electron chi connectivity index (χ4n) is 1.89. The van der Waals surface area contributed by atoms with Gasteiger partial charge >= 0.3 is 0 Å². The summed E-state index contributed by atoms with van der Waals surface area (Å²) < 4.78 is 26.9. The first-order chi connectivity index (χ1) is 8.09. The molecule has 1 aromatic carbocycles. The fourth-order valence-corrected chi connectivity index (χ4v) is 3.71. The Bertz CT molecular complexity index is 484. The summed E-state index contributed by atoms with van der Waals surface area (Å²) in [4.78, 5) is 0.153. The Morgan fingerprint density at radius 2 is 1.88 bits per heavy atom. The van der Waals surface area contributed by atoms with Gasteiger partial charge in [0.25, 0.3) is 0 Å². The summed E-state index contributed by atoms with van der Waals surface area (Å²) in [5.74, 6) is 0. The normalized spacial score (nSPS) is 18.2. The van der Waals surface area contributed by atoms with E-state index >= 15 is 0 Å². The van der Waals surface area contributed by atoms with Gasteiger partial charge in [-0.25, -0.2) is 13.1 Å². The summed E-state index contributed by atoms with van der Waals surface area (Å²) >= 11 is 5.89. The number of rotatable bonds is 3. The van der Waals surface area contributed by atoms with Crippen molar-refractivity contribution in [3.63, 3.8) is 0 Å². The molecule has 1 aliphatic rings. The fraction of sp³-hybridized carbons (Fsp3) is 0.455. The number of hydrogen-bond acceptors (Lipinski definition) is 3. The third kappa shape index (κ3) is 3.19. The first-order valence-corrected chi connectivity index (χ1v) is 7.43. The second-order valence-corrected chi connectivity index (χ2v) is 6.17. The lowest BCUT2D eigenvalue weighted by atomic mass is 10.1. The van der Waals surface area contributed by atoms with Crippen LogP contribution < -0.4 is 10.0 Å². The van der Waals surface area contributed by atoms with Crippen LogP contribution >= 0.6 is 11.6 Å². The smallest absolute Gasteiger partial charge is 0.242 e. The minimum Gasteiger partial charge on any atom is -0.317 e. The summed E-state index contributed by atoms with van der Waals surface area (Å²) in [6.07, 6.45) is 1.62. The van der Waals surface area contributed by atoms with Crippen LogP contribution in [0.4, 0.5) is 0 Å². The van der Waals surface area contributed by atoms with Crippen molar-refractivity contribution in [2.45, 2.75) is 23.8 Å². The molecule has 17 heavy (non-hydrogen) atoms. The van der Waals surface area contributed by atoms with Crippen LogP contribution in [0.15, 0.2) is 29.2 Å². The van der Waals surface area contributed by atoms with E-state index in [9.17, 15) is 8.42 Å². The summed E-state index contributed by atoms with van der Waals surface area (Å²) in [7, 11) is -3.50. The van der Waals surface area contributed by atoms with Crippen LogP contribution in [0.5, 0.6) is 0 Å². The zero-order chi connectivity index (χ0) is 12.3. The summed E-state index contributed by atoms with van der Waals surface area (Å²) in [5, 5.41) is 3.45. The van der Waals surface area contributed by atoms with Gasteiger partial charge in [-0.1, -0.05) is 23.7 Å². The summed E-state index contributed by atoms with van der Waals surface area (Å²) in [5.41, 5.74) is 0. The lowest BCUT2D eigenvalue weighted by molar-refractivity contribution is 0.427. The van der Waals surface area contributed by atoms with Crippen LogP contribution in [0.25, 0.3) is 0 Å². The van der Waals surface area contributed by atoms with Gasteiger partial charge in [-0.3, -0.25) is 0 Å². The van der Waals surface area contributed by atoms with Gasteiger partial charge in [-0.15, -0.1) is 0 Å². The highest BCUT2D eigenvalue weighted by molar-refractivity contribution is 7.89. The molecule has 2 N–H and O–H groups in total. The highest BCUT2D eigenvalue weighted by Crippen LogP contribution is 2.21. The third-order valence-electron chi connectivity index (χ3n) is 2.79. The van der Waals surface area contributed by atoms with E-state index in [1.165, 1.54) is 6.07 Å². The minimum atomic E-state index is -3.50. The van der Waals surface area contributed by atoms with Crippen molar-refractivity contribution in [3.8, 4) is 0 Å². The maximum Gasteiger partial charge on any atom is 0.242 e. The lowest BCUT2D eigenvalue weighted by Gasteiger charge is -2.23. The van der Waals surface area contributed by atoms with Gasteiger partial charge in [0.15, 0.2) is 0 Å². The molecule has 1 aliphatic heterocycles. The minimum absolute atomic E-state index is 0.00229. The average molecular weight is 275 g/mol. The number of halogens is 1. The maximum atomic E-state index is 12.1. The van der Waals surface area contributed by atoms with Crippen LogP contribution in [0.3, 0.4) is 0 Å². The molecule has 0 radical (unpaired) electrons. The Kier molecular flexibility index (Phi) is 4.04. The molecule has 0 spiro atoms. The molecule has 0 atom stereocenters. The zero-order valence-electron chi connectivity index (χ0n) is 9.32. The van der Waals surface area contributed by atoms with Crippen molar-refractivity contribution in [2.24, 2.45) is 0 Å². The van der Waals surface area contributed by atoms with Crippen molar-refractivity contribution in [1.29, 1.82) is 0 Å². The maximum absolute atomic E-state index is 12.1. The SMILES string of the molecule is O=S(=O)(NC1CCNCC1)c1ccccc1Cl. The molecule has 1 heterocycles. The molecule has 0 saturated carbocycles. The van der Waals surface area contributed by atoms with Crippen molar-refractivity contribution < 1.29 is 8.42 Å². The van der Waals surface area contributed by atoms with Crippen molar-refractivity contribution in [1.82, 2.24) is 10.0 Å². The van der Waals surface area contributed by atoms with Crippen LogP contribution in [-0.2, 0) is 10.0 Å². The quantitative estimate of drug-likeness (QED) is 0.875. The highest BCUT2D eigenvalue weighted by Gasteiger charge is 2.23. The molecule has 0 unspecified atom stereocenters. The molecule has 94 valence electrons. The lowest BCUT2D eigenvalue weighted by Crippen LogP contribution is -2.42. The monoisotopic (exact) mass is 274 g/mol. The van der Waals surface area contributed by atoms with E-state index in [1.54, 1.807) is 18.2 Å². The number of benzene rings is 1. The standard InChI is InChI=1S/C11H15ClN2O2S/c12-10-3-1-2-4-11(10)17(15,16)14-9-5-7-13-8-6-9/h1-4,9,13-14H,5-8H2. The first kappa shape index (κ1) is 12.8. The number of piperidine rings is 1. The average Bonchev–Trinajstić information content (AvgIpc) is 2.30. The van der Waals surface area contributed by atoms with Crippen LogP contribution in [0.1, 0.15) is 12.8 Å². The number of hydrogen-bond donors (Lipinski definition) is 2. The first-order valence-electron chi connectivity index (χ1n) is 5.57. The van der Waals surface area contributed by atoms with Gasteiger partial charge in [0.05, 0.1) is 5.02 Å². The van der Waals surface area contributed by atoms with Gasteiger partial charge in [-0.2, -0.15) is 0 Å². The van der Waals surface area contributed by atoms with Crippen LogP contribution in [0, 0.1) is 0 Å². The molecule has 1 aromatic rings. The number of sulfonamides is 1. The van der Waals surface area contributed by atoms with E-state index in [2.05, 4.69) is 10.0 Å². The Hall–Kier alpha value is -0.620. The topological polar surface area (TPSA) is 58.2 Å². The molecule has 0 amide bonds. The summed E-state index contributed by atoms with van der Waals surface area (Å²) in [6.45, 7) is 1.69. The van der Waals surface area contributed by atoms with E-state index in [4.69, 9.17) is 11.6 Å².